The summed E-state index contributed by atoms with van der Waals surface area (Å²) in [7, 11) is 1.56. The lowest BCUT2D eigenvalue weighted by atomic mass is 10.2. The van der Waals surface area contributed by atoms with Crippen LogP contribution in [0.15, 0.2) is 46.0 Å². The van der Waals surface area contributed by atoms with Gasteiger partial charge in [-0.15, -0.1) is 0 Å². The van der Waals surface area contributed by atoms with Gasteiger partial charge in [0.1, 0.15) is 11.5 Å². The van der Waals surface area contributed by atoms with Gasteiger partial charge in [0.2, 0.25) is 0 Å². The van der Waals surface area contributed by atoms with E-state index in [1.54, 1.807) is 38.3 Å². The molecule has 0 saturated heterocycles. The van der Waals surface area contributed by atoms with Crippen LogP contribution in [-0.2, 0) is 4.79 Å². The molecule has 0 aliphatic heterocycles. The van der Waals surface area contributed by atoms with Crippen molar-refractivity contribution >= 4 is 51.3 Å². The van der Waals surface area contributed by atoms with Crippen LogP contribution in [0.1, 0.15) is 12.5 Å². The number of nitrogens with one attached hydrogen (secondary N) is 1. The first-order valence-corrected chi connectivity index (χ1v) is 8.73. The van der Waals surface area contributed by atoms with E-state index in [9.17, 15) is 4.79 Å². The number of nitrogens with zero attached hydrogens (tertiary/aromatic N) is 1. The van der Waals surface area contributed by atoms with Crippen LogP contribution in [-0.4, -0.2) is 25.3 Å². The van der Waals surface area contributed by atoms with Gasteiger partial charge in [0.25, 0.3) is 5.91 Å². The minimum atomic E-state index is -0.791. The summed E-state index contributed by atoms with van der Waals surface area (Å²) in [5.41, 5.74) is 3.13. The minimum absolute atomic E-state index is 0.328. The lowest BCUT2D eigenvalue weighted by molar-refractivity contribution is -0.127. The number of ether oxygens (including phenoxy) is 2. The highest BCUT2D eigenvalue weighted by atomic mass is 79.9. The summed E-state index contributed by atoms with van der Waals surface area (Å²) in [4.78, 5) is 12.1. The van der Waals surface area contributed by atoms with Gasteiger partial charge in [-0.05, 0) is 43.3 Å². The maximum Gasteiger partial charge on any atom is 0.280 e. The van der Waals surface area contributed by atoms with E-state index < -0.39 is 12.0 Å². The number of rotatable bonds is 6. The third-order valence-electron chi connectivity index (χ3n) is 3.14. The number of carbonyl (C=O) groups excluding carboxylic acids is 1. The second-order valence-corrected chi connectivity index (χ2v) is 6.71. The molecule has 0 aliphatic carbocycles. The first kappa shape index (κ1) is 19.6. The first-order chi connectivity index (χ1) is 11.9. The fraction of sp³-hybridized carbons (Fsp3) is 0.176. The van der Waals surface area contributed by atoms with Gasteiger partial charge >= 0.3 is 0 Å². The third kappa shape index (κ3) is 5.63. The van der Waals surface area contributed by atoms with Crippen LogP contribution in [0, 0.1) is 0 Å². The molecule has 1 amide bonds. The van der Waals surface area contributed by atoms with Gasteiger partial charge in [-0.25, -0.2) is 5.43 Å². The Kier molecular flexibility index (Phi) is 7.11. The van der Waals surface area contributed by atoms with Gasteiger partial charge < -0.3 is 9.47 Å². The largest absolute Gasteiger partial charge is 0.496 e. The number of hydrogen-bond acceptors (Lipinski definition) is 4. The van der Waals surface area contributed by atoms with Gasteiger partial charge in [0.15, 0.2) is 6.10 Å². The molecule has 0 saturated carbocycles. The van der Waals surface area contributed by atoms with E-state index in [2.05, 4.69) is 26.5 Å². The number of methoxy groups -OCH3 is 1. The SMILES string of the molecule is COc1ccc(Br)cc1/C=N/NC(=O)C(C)Oc1ccc(Cl)cc1Cl. The molecule has 0 radical (unpaired) electrons. The Labute approximate surface area is 164 Å². The van der Waals surface area contributed by atoms with Gasteiger partial charge in [-0.3, -0.25) is 4.79 Å². The summed E-state index contributed by atoms with van der Waals surface area (Å²) in [5.74, 6) is 0.584. The molecular formula is C17H15BrCl2N2O3. The molecule has 132 valence electrons. The van der Waals surface area contributed by atoms with Crippen LogP contribution < -0.4 is 14.9 Å². The van der Waals surface area contributed by atoms with Crippen molar-refractivity contribution in [2.24, 2.45) is 5.10 Å². The van der Waals surface area contributed by atoms with Crippen LogP contribution in [0.4, 0.5) is 0 Å². The number of amides is 1. The van der Waals surface area contributed by atoms with E-state index >= 15 is 0 Å². The average Bonchev–Trinajstić information content (AvgIpc) is 2.57. The predicted molar refractivity (Wildman–Crippen MR) is 103 cm³/mol. The molecule has 1 unspecified atom stereocenters. The fourth-order valence-corrected chi connectivity index (χ4v) is 2.71. The molecule has 1 N–H and O–H groups in total. The zero-order valence-electron chi connectivity index (χ0n) is 13.4. The molecule has 0 fully saturated rings. The molecule has 1 atom stereocenters. The Morgan fingerprint density at radius 2 is 1.96 bits per heavy atom. The summed E-state index contributed by atoms with van der Waals surface area (Å²) in [5, 5.41) is 4.75. The Morgan fingerprint density at radius 1 is 1.24 bits per heavy atom. The quantitative estimate of drug-likeness (QED) is 0.518. The minimum Gasteiger partial charge on any atom is -0.496 e. The van der Waals surface area contributed by atoms with Gasteiger partial charge in [-0.1, -0.05) is 39.1 Å². The second kappa shape index (κ2) is 9.08. The maximum atomic E-state index is 12.1. The highest BCUT2D eigenvalue weighted by Gasteiger charge is 2.15. The van der Waals surface area contributed by atoms with Crippen molar-refractivity contribution in [3.05, 3.63) is 56.5 Å². The van der Waals surface area contributed by atoms with Crippen LogP contribution in [0.2, 0.25) is 10.0 Å². The lowest BCUT2D eigenvalue weighted by Gasteiger charge is -2.14. The molecule has 25 heavy (non-hydrogen) atoms. The van der Waals surface area contributed by atoms with Crippen LogP contribution >= 0.6 is 39.1 Å². The summed E-state index contributed by atoms with van der Waals surface area (Å²) >= 11 is 15.2. The fourth-order valence-electron chi connectivity index (χ4n) is 1.88. The van der Waals surface area contributed by atoms with Crippen LogP contribution in [0.3, 0.4) is 0 Å². The summed E-state index contributed by atoms with van der Waals surface area (Å²) in [6.07, 6.45) is 0.698. The first-order valence-electron chi connectivity index (χ1n) is 7.19. The molecule has 0 spiro atoms. The number of hydrogen-bond donors (Lipinski definition) is 1. The van der Waals surface area contributed by atoms with Crippen LogP contribution in [0.5, 0.6) is 11.5 Å². The van der Waals surface area contributed by atoms with Crippen LogP contribution in [0.25, 0.3) is 0 Å². The highest BCUT2D eigenvalue weighted by molar-refractivity contribution is 9.10. The molecule has 0 bridgehead atoms. The van der Waals surface area contributed by atoms with E-state index in [0.717, 1.165) is 4.47 Å². The number of hydrazone groups is 1. The summed E-state index contributed by atoms with van der Waals surface area (Å²) < 4.78 is 11.6. The molecule has 0 aliphatic rings. The lowest BCUT2D eigenvalue weighted by Crippen LogP contribution is -2.33. The molecular weight excluding hydrogens is 431 g/mol. The van der Waals surface area contributed by atoms with Crippen molar-refractivity contribution in [3.8, 4) is 11.5 Å². The molecule has 5 nitrogen and oxygen atoms in total. The summed E-state index contributed by atoms with van der Waals surface area (Å²) in [6, 6.07) is 10.2. The van der Waals surface area contributed by atoms with Crippen molar-refractivity contribution < 1.29 is 14.3 Å². The van der Waals surface area contributed by atoms with Crippen molar-refractivity contribution in [3.63, 3.8) is 0 Å². The highest BCUT2D eigenvalue weighted by Crippen LogP contribution is 2.28. The zero-order valence-corrected chi connectivity index (χ0v) is 16.5. The number of halogens is 3. The standard InChI is InChI=1S/C17H15BrCl2N2O3/c1-10(25-16-6-4-13(19)8-14(16)20)17(23)22-21-9-11-7-12(18)3-5-15(11)24-2/h3-10H,1-2H3,(H,22,23)/b21-9+. The molecule has 0 aromatic heterocycles. The van der Waals surface area contributed by atoms with Crippen molar-refractivity contribution in [1.82, 2.24) is 5.43 Å². The topological polar surface area (TPSA) is 59.9 Å². The smallest absolute Gasteiger partial charge is 0.280 e. The molecule has 8 heteroatoms. The normalized spacial score (nSPS) is 12.0. The predicted octanol–water partition coefficient (Wildman–Crippen LogP) is 4.68. The van der Waals surface area contributed by atoms with E-state index in [-0.39, 0.29) is 0 Å². The van der Waals surface area contributed by atoms with Crippen molar-refractivity contribution in [2.45, 2.75) is 13.0 Å². The number of carbonyl (C=O) groups is 1. The summed E-state index contributed by atoms with van der Waals surface area (Å²) in [6.45, 7) is 1.59. The van der Waals surface area contributed by atoms with E-state index in [4.69, 9.17) is 32.7 Å². The number of benzene rings is 2. The van der Waals surface area contributed by atoms with Gasteiger partial charge in [0.05, 0.1) is 18.3 Å². The average molecular weight is 446 g/mol. The van der Waals surface area contributed by atoms with Crippen molar-refractivity contribution in [1.29, 1.82) is 0 Å². The Bertz CT molecular complexity index is 799. The Hall–Kier alpha value is -1.76. The molecule has 0 heterocycles. The zero-order chi connectivity index (χ0) is 18.4. The van der Waals surface area contributed by atoms with Gasteiger partial charge in [0, 0.05) is 15.1 Å². The third-order valence-corrected chi connectivity index (χ3v) is 4.16. The Balaban J connectivity index is 1.98. The Morgan fingerprint density at radius 3 is 2.64 bits per heavy atom. The van der Waals surface area contributed by atoms with E-state index in [1.165, 1.54) is 6.21 Å². The molecule has 2 rings (SSSR count). The maximum absolute atomic E-state index is 12.1. The van der Waals surface area contributed by atoms with E-state index in [1.807, 2.05) is 12.1 Å². The second-order valence-electron chi connectivity index (χ2n) is 4.96. The molecule has 2 aromatic rings. The monoisotopic (exact) mass is 444 g/mol. The van der Waals surface area contributed by atoms with Crippen molar-refractivity contribution in [2.75, 3.05) is 7.11 Å². The molecule has 2 aromatic carbocycles. The van der Waals surface area contributed by atoms with Gasteiger partial charge in [-0.2, -0.15) is 5.10 Å². The van der Waals surface area contributed by atoms with E-state index in [0.29, 0.717) is 27.1 Å².